The average Bonchev–Trinajstić information content (AvgIpc) is 2.80. The molecule has 0 saturated heterocycles. The van der Waals surface area contributed by atoms with Crippen LogP contribution in [0, 0.1) is 0 Å². The Morgan fingerprint density at radius 1 is 1.33 bits per heavy atom. The van der Waals surface area contributed by atoms with E-state index < -0.39 is 0 Å². The van der Waals surface area contributed by atoms with Gasteiger partial charge in [0.1, 0.15) is 0 Å². The van der Waals surface area contributed by atoms with Gasteiger partial charge in [-0.05, 0) is 5.56 Å². The summed E-state index contributed by atoms with van der Waals surface area (Å²) in [6, 6.07) is 9.68. The average molecular weight is 218 g/mol. The van der Waals surface area contributed by atoms with E-state index >= 15 is 0 Å². The summed E-state index contributed by atoms with van der Waals surface area (Å²) < 4.78 is 12.9. The third kappa shape index (κ3) is 2.41. The van der Waals surface area contributed by atoms with Crippen LogP contribution in [-0.4, -0.2) is 18.6 Å². The molecule has 1 aromatic heterocycles. The van der Waals surface area contributed by atoms with Crippen molar-refractivity contribution in [2.75, 3.05) is 0 Å². The summed E-state index contributed by atoms with van der Waals surface area (Å²) in [5.74, 6) is 0. The smallest absolute Gasteiger partial charge is 0.0949 e. The van der Waals surface area contributed by atoms with E-state index in [2.05, 4.69) is 4.98 Å². The first-order chi connectivity index (χ1) is 7.40. The van der Waals surface area contributed by atoms with Gasteiger partial charge in [0, 0.05) is 12.4 Å². The Morgan fingerprint density at radius 3 is 2.73 bits per heavy atom. The lowest BCUT2D eigenvalue weighted by Gasteiger charge is -2.03. The predicted octanol–water partition coefficient (Wildman–Crippen LogP) is 1.32. The second kappa shape index (κ2) is 4.70. The normalized spacial score (nSPS) is 9.87. The van der Waals surface area contributed by atoms with Crippen molar-refractivity contribution in [3.8, 4) is 0 Å². The van der Waals surface area contributed by atoms with E-state index in [9.17, 15) is 4.21 Å². The van der Waals surface area contributed by atoms with Crippen molar-refractivity contribution in [2.24, 2.45) is 0 Å². The zero-order valence-electron chi connectivity index (χ0n) is 8.04. The van der Waals surface area contributed by atoms with E-state index in [1.807, 2.05) is 41.1 Å². The Bertz CT molecular complexity index is 473. The molecule has 0 aliphatic carbocycles. The molecule has 76 valence electrons. The van der Waals surface area contributed by atoms with Gasteiger partial charge in [0.15, 0.2) is 0 Å². The minimum atomic E-state index is 0.539. The fraction of sp³-hybridized carbons (Fsp3) is 0.0909. The van der Waals surface area contributed by atoms with E-state index in [1.54, 1.807) is 12.5 Å². The third-order valence-corrected chi connectivity index (χ3v) is 2.65. The van der Waals surface area contributed by atoms with Crippen LogP contribution in [0.5, 0.6) is 0 Å². The van der Waals surface area contributed by atoms with Crippen molar-refractivity contribution in [3.05, 3.63) is 54.6 Å². The topological polar surface area (TPSA) is 34.9 Å². The molecule has 1 aromatic carbocycles. The van der Waals surface area contributed by atoms with E-state index in [0.29, 0.717) is 17.8 Å². The molecular weight excluding hydrogens is 208 g/mol. The Balaban J connectivity index is 2.24. The molecule has 0 unspecified atom stereocenters. The maximum Gasteiger partial charge on any atom is 0.0949 e. The van der Waals surface area contributed by atoms with Gasteiger partial charge in [0.05, 0.1) is 29.0 Å². The van der Waals surface area contributed by atoms with Crippen molar-refractivity contribution in [3.63, 3.8) is 0 Å². The molecule has 0 aliphatic heterocycles. The first-order valence-corrected chi connectivity index (χ1v) is 5.31. The second-order valence-electron chi connectivity index (χ2n) is 3.11. The molecule has 0 amide bonds. The first-order valence-electron chi connectivity index (χ1n) is 4.57. The van der Waals surface area contributed by atoms with Crippen molar-refractivity contribution < 1.29 is 4.21 Å². The number of aromatic nitrogens is 2. The zero-order valence-corrected chi connectivity index (χ0v) is 8.85. The summed E-state index contributed by atoms with van der Waals surface area (Å²) in [7, 11) is 0. The van der Waals surface area contributed by atoms with Gasteiger partial charge in [-0.2, -0.15) is 0 Å². The molecule has 0 N–H and O–H groups in total. The van der Waals surface area contributed by atoms with Crippen molar-refractivity contribution in [1.29, 1.82) is 0 Å². The molecule has 0 fully saturated rings. The van der Waals surface area contributed by atoms with Gasteiger partial charge < -0.3 is 4.57 Å². The highest BCUT2D eigenvalue weighted by Crippen LogP contribution is 2.01. The Hall–Kier alpha value is -1.68. The van der Waals surface area contributed by atoms with Crippen LogP contribution in [0.3, 0.4) is 0 Å². The summed E-state index contributed by atoms with van der Waals surface area (Å²) in [6.45, 7) is 0.582. The molecule has 0 atom stereocenters. The lowest BCUT2D eigenvalue weighted by atomic mass is 10.1. The van der Waals surface area contributed by atoms with Gasteiger partial charge in [0.2, 0.25) is 0 Å². The SMILES string of the molecule is O=S=C(Cn1ccnc1)c1ccccc1. The summed E-state index contributed by atoms with van der Waals surface area (Å²) in [5.41, 5.74) is 0.978. The van der Waals surface area contributed by atoms with Crippen LogP contribution in [0.4, 0.5) is 0 Å². The van der Waals surface area contributed by atoms with Crippen molar-refractivity contribution in [2.45, 2.75) is 6.54 Å². The maximum absolute atomic E-state index is 11.0. The van der Waals surface area contributed by atoms with Gasteiger partial charge in [-0.1, -0.05) is 30.3 Å². The lowest BCUT2D eigenvalue weighted by Crippen LogP contribution is -2.09. The molecule has 2 rings (SSSR count). The highest BCUT2D eigenvalue weighted by Gasteiger charge is 2.02. The molecular formula is C11H10N2OS. The van der Waals surface area contributed by atoms with Crippen LogP contribution in [0.25, 0.3) is 0 Å². The first kappa shape index (κ1) is 9.86. The monoisotopic (exact) mass is 218 g/mol. The van der Waals surface area contributed by atoms with Crippen molar-refractivity contribution in [1.82, 2.24) is 9.55 Å². The van der Waals surface area contributed by atoms with Crippen LogP contribution < -0.4 is 0 Å². The van der Waals surface area contributed by atoms with Gasteiger partial charge in [0.25, 0.3) is 0 Å². The summed E-state index contributed by atoms with van der Waals surface area (Å²) in [6.07, 6.45) is 5.26. The number of benzene rings is 1. The van der Waals surface area contributed by atoms with Gasteiger partial charge in [-0.15, -0.1) is 0 Å². The summed E-state index contributed by atoms with van der Waals surface area (Å²) in [5, 5.41) is 0. The van der Waals surface area contributed by atoms with Crippen LogP contribution in [0.1, 0.15) is 5.56 Å². The third-order valence-electron chi connectivity index (χ3n) is 2.08. The predicted molar refractivity (Wildman–Crippen MR) is 60.9 cm³/mol. The molecule has 2 aromatic rings. The minimum Gasteiger partial charge on any atom is -0.332 e. The Kier molecular flexibility index (Phi) is 3.09. The Labute approximate surface area is 91.5 Å². The molecule has 0 saturated carbocycles. The van der Waals surface area contributed by atoms with Gasteiger partial charge in [-0.25, -0.2) is 9.19 Å². The minimum absolute atomic E-state index is 0.539. The van der Waals surface area contributed by atoms with Crippen LogP contribution in [0.15, 0.2) is 49.1 Å². The molecule has 15 heavy (non-hydrogen) atoms. The number of imidazole rings is 1. The molecule has 1 heterocycles. The Morgan fingerprint density at radius 2 is 2.13 bits per heavy atom. The second-order valence-corrected chi connectivity index (χ2v) is 3.77. The van der Waals surface area contributed by atoms with Crippen LogP contribution >= 0.6 is 0 Å². The quantitative estimate of drug-likeness (QED) is 0.575. The highest BCUT2D eigenvalue weighted by atomic mass is 32.1. The van der Waals surface area contributed by atoms with E-state index in [0.717, 1.165) is 10.4 Å². The van der Waals surface area contributed by atoms with E-state index in [4.69, 9.17) is 0 Å². The van der Waals surface area contributed by atoms with Crippen LogP contribution in [0.2, 0.25) is 0 Å². The number of nitrogens with zero attached hydrogens (tertiary/aromatic N) is 2. The summed E-state index contributed by atoms with van der Waals surface area (Å²) >= 11 is 0.539. The molecule has 0 spiro atoms. The molecule has 0 bridgehead atoms. The van der Waals surface area contributed by atoms with Crippen LogP contribution in [-0.2, 0) is 17.8 Å². The van der Waals surface area contributed by atoms with Gasteiger partial charge >= 0.3 is 0 Å². The molecule has 0 aliphatic rings. The lowest BCUT2D eigenvalue weighted by molar-refractivity contribution is 0.700. The standard InChI is InChI=1S/C11H10N2OS/c14-15-11(8-13-7-6-12-9-13)10-4-2-1-3-5-10/h1-7,9H,8H2. The molecule has 0 radical (unpaired) electrons. The highest BCUT2D eigenvalue weighted by molar-refractivity contribution is 7.67. The fourth-order valence-corrected chi connectivity index (χ4v) is 1.77. The van der Waals surface area contributed by atoms with E-state index in [1.165, 1.54) is 0 Å². The van der Waals surface area contributed by atoms with Gasteiger partial charge in [-0.3, -0.25) is 0 Å². The fourth-order valence-electron chi connectivity index (χ4n) is 1.34. The zero-order chi connectivity index (χ0) is 10.5. The number of rotatable bonds is 3. The van der Waals surface area contributed by atoms with Crippen molar-refractivity contribution >= 4 is 16.1 Å². The summed E-state index contributed by atoms with van der Waals surface area (Å²) in [4.78, 5) is 4.74. The molecule has 3 nitrogen and oxygen atoms in total. The number of hydrogen-bond acceptors (Lipinski definition) is 2. The van der Waals surface area contributed by atoms with E-state index in [-0.39, 0.29) is 0 Å². The largest absolute Gasteiger partial charge is 0.332 e. The number of hydrogen-bond donors (Lipinski definition) is 0. The molecule has 4 heteroatoms. The maximum atomic E-state index is 11.0.